The molecule has 1 aliphatic rings. The molecule has 94 valence electrons. The average Bonchev–Trinajstić information content (AvgIpc) is 2.74. The van der Waals surface area contributed by atoms with E-state index in [2.05, 4.69) is 6.92 Å². The lowest BCUT2D eigenvalue weighted by atomic mass is 9.88. The Balaban J connectivity index is 1.83. The summed E-state index contributed by atoms with van der Waals surface area (Å²) in [6.07, 6.45) is 8.86. The van der Waals surface area contributed by atoms with Gasteiger partial charge in [0.1, 0.15) is 6.61 Å². The van der Waals surface area contributed by atoms with Crippen LogP contribution in [0.5, 0.6) is 0 Å². The molecular formula is C14H21NO2. The van der Waals surface area contributed by atoms with Crippen LogP contribution in [0.1, 0.15) is 43.0 Å². The summed E-state index contributed by atoms with van der Waals surface area (Å²) in [5, 5.41) is 0. The van der Waals surface area contributed by atoms with Gasteiger partial charge in [0.2, 0.25) is 0 Å². The third kappa shape index (κ3) is 3.19. The predicted molar refractivity (Wildman–Crippen MR) is 67.1 cm³/mol. The zero-order valence-corrected chi connectivity index (χ0v) is 10.7. The van der Waals surface area contributed by atoms with E-state index in [1.807, 2.05) is 30.1 Å². The van der Waals surface area contributed by atoms with Crippen molar-refractivity contribution in [1.29, 1.82) is 0 Å². The second kappa shape index (κ2) is 5.50. The van der Waals surface area contributed by atoms with Crippen molar-refractivity contribution in [2.45, 2.75) is 38.7 Å². The number of hydrogen-bond donors (Lipinski definition) is 0. The maximum atomic E-state index is 11.9. The summed E-state index contributed by atoms with van der Waals surface area (Å²) >= 11 is 0. The van der Waals surface area contributed by atoms with Crippen molar-refractivity contribution in [1.82, 2.24) is 4.57 Å². The molecular weight excluding hydrogens is 214 g/mol. The molecule has 0 amide bonds. The number of nitrogens with zero attached hydrogens (tertiary/aromatic N) is 1. The molecule has 17 heavy (non-hydrogen) atoms. The van der Waals surface area contributed by atoms with Gasteiger partial charge in [-0.3, -0.25) is 4.79 Å². The van der Waals surface area contributed by atoms with Crippen molar-refractivity contribution < 1.29 is 9.53 Å². The van der Waals surface area contributed by atoms with Gasteiger partial charge >= 0.3 is 0 Å². The highest BCUT2D eigenvalue weighted by molar-refractivity contribution is 5.96. The molecule has 0 N–H and O–H groups in total. The van der Waals surface area contributed by atoms with Gasteiger partial charge in [-0.15, -0.1) is 0 Å². The Hall–Kier alpha value is -1.09. The fourth-order valence-electron chi connectivity index (χ4n) is 2.46. The largest absolute Gasteiger partial charge is 0.370 e. The van der Waals surface area contributed by atoms with Crippen LogP contribution in [0.25, 0.3) is 0 Å². The predicted octanol–water partition coefficient (Wildman–Crippen LogP) is 2.80. The number of ether oxygens (including phenoxy) is 1. The van der Waals surface area contributed by atoms with Crippen molar-refractivity contribution >= 4 is 5.78 Å². The Labute approximate surface area is 103 Å². The van der Waals surface area contributed by atoms with Crippen molar-refractivity contribution in [3.63, 3.8) is 0 Å². The summed E-state index contributed by atoms with van der Waals surface area (Å²) in [5.74, 6) is 0.677. The Bertz CT molecular complexity index is 383. The van der Waals surface area contributed by atoms with Gasteiger partial charge in [0.05, 0.1) is 6.10 Å². The molecule has 0 aromatic carbocycles. The van der Waals surface area contributed by atoms with E-state index in [0.29, 0.717) is 5.92 Å². The maximum Gasteiger partial charge on any atom is 0.189 e. The number of rotatable bonds is 4. The van der Waals surface area contributed by atoms with Crippen LogP contribution in [0, 0.1) is 5.92 Å². The average molecular weight is 235 g/mol. The molecule has 1 fully saturated rings. The second-order valence-electron chi connectivity index (χ2n) is 5.10. The fourth-order valence-corrected chi connectivity index (χ4v) is 2.46. The lowest BCUT2D eigenvalue weighted by molar-refractivity contribution is 0.000750. The number of Topliss-reactive ketones (excluding diaryl/α,β-unsaturated/α-hetero) is 1. The van der Waals surface area contributed by atoms with E-state index in [9.17, 15) is 4.79 Å². The molecule has 0 bridgehead atoms. The summed E-state index contributed by atoms with van der Waals surface area (Å²) in [6.45, 7) is 2.44. The minimum Gasteiger partial charge on any atom is -0.370 e. The standard InChI is InChI=1S/C14H21NO2/c1-11-5-3-4-6-14(11)17-10-13(16)12-7-8-15(2)9-12/h7-9,11,14H,3-6,10H2,1-2H3. The molecule has 1 saturated carbocycles. The Morgan fingerprint density at radius 3 is 2.88 bits per heavy atom. The van der Waals surface area contributed by atoms with Gasteiger partial charge < -0.3 is 9.30 Å². The zero-order valence-electron chi connectivity index (χ0n) is 10.7. The van der Waals surface area contributed by atoms with Crippen LogP contribution in [0.15, 0.2) is 18.5 Å². The molecule has 1 aliphatic carbocycles. The molecule has 0 radical (unpaired) electrons. The zero-order chi connectivity index (χ0) is 12.3. The van der Waals surface area contributed by atoms with E-state index in [0.717, 1.165) is 12.0 Å². The molecule has 0 spiro atoms. The Morgan fingerprint density at radius 1 is 1.47 bits per heavy atom. The Morgan fingerprint density at radius 2 is 2.24 bits per heavy atom. The highest BCUT2D eigenvalue weighted by atomic mass is 16.5. The molecule has 2 rings (SSSR count). The van der Waals surface area contributed by atoms with Crippen LogP contribution < -0.4 is 0 Å². The first-order chi connectivity index (χ1) is 8.16. The molecule has 1 heterocycles. The van der Waals surface area contributed by atoms with Gasteiger partial charge in [0.25, 0.3) is 0 Å². The quantitative estimate of drug-likeness (QED) is 0.751. The number of aromatic nitrogens is 1. The Kier molecular flexibility index (Phi) is 4.00. The van der Waals surface area contributed by atoms with Crippen LogP contribution in [0.2, 0.25) is 0 Å². The summed E-state index contributed by atoms with van der Waals surface area (Å²) in [4.78, 5) is 11.9. The normalized spacial score (nSPS) is 24.8. The third-order valence-corrected chi connectivity index (χ3v) is 3.62. The van der Waals surface area contributed by atoms with Crippen molar-refractivity contribution in [2.24, 2.45) is 13.0 Å². The van der Waals surface area contributed by atoms with Gasteiger partial charge in [0.15, 0.2) is 5.78 Å². The summed E-state index contributed by atoms with van der Waals surface area (Å²) in [7, 11) is 1.92. The second-order valence-corrected chi connectivity index (χ2v) is 5.10. The van der Waals surface area contributed by atoms with Crippen LogP contribution in [-0.4, -0.2) is 23.1 Å². The third-order valence-electron chi connectivity index (χ3n) is 3.62. The number of carbonyl (C=O) groups is 1. The lowest BCUT2D eigenvalue weighted by Crippen LogP contribution is -2.27. The minimum atomic E-state index is 0.0865. The molecule has 3 nitrogen and oxygen atoms in total. The first-order valence-corrected chi connectivity index (χ1v) is 6.43. The van der Waals surface area contributed by atoms with Crippen molar-refractivity contribution in [3.8, 4) is 0 Å². The topological polar surface area (TPSA) is 31.2 Å². The fraction of sp³-hybridized carbons (Fsp3) is 0.643. The molecule has 1 aromatic rings. The van der Waals surface area contributed by atoms with Crippen LogP contribution >= 0.6 is 0 Å². The van der Waals surface area contributed by atoms with Crippen molar-refractivity contribution in [3.05, 3.63) is 24.0 Å². The first-order valence-electron chi connectivity index (χ1n) is 6.43. The van der Waals surface area contributed by atoms with E-state index in [4.69, 9.17) is 4.74 Å². The van der Waals surface area contributed by atoms with Gasteiger partial charge in [-0.05, 0) is 24.8 Å². The smallest absolute Gasteiger partial charge is 0.189 e. The van der Waals surface area contributed by atoms with Crippen LogP contribution in [0.3, 0.4) is 0 Å². The summed E-state index contributed by atoms with van der Waals surface area (Å²) in [5.41, 5.74) is 0.746. The lowest BCUT2D eigenvalue weighted by Gasteiger charge is -2.28. The number of carbonyl (C=O) groups excluding carboxylic acids is 1. The first kappa shape index (κ1) is 12.4. The summed E-state index contributed by atoms with van der Waals surface area (Å²) in [6, 6.07) is 1.84. The highest BCUT2D eigenvalue weighted by Gasteiger charge is 2.22. The van der Waals surface area contributed by atoms with Gasteiger partial charge in [-0.25, -0.2) is 0 Å². The SMILES string of the molecule is CC1CCCCC1OCC(=O)c1ccn(C)c1. The molecule has 1 aromatic heterocycles. The minimum absolute atomic E-state index is 0.0865. The van der Waals surface area contributed by atoms with E-state index in [1.54, 1.807) is 0 Å². The van der Waals surface area contributed by atoms with Gasteiger partial charge in [-0.2, -0.15) is 0 Å². The number of hydrogen-bond acceptors (Lipinski definition) is 2. The van der Waals surface area contributed by atoms with E-state index >= 15 is 0 Å². The van der Waals surface area contributed by atoms with Crippen LogP contribution in [-0.2, 0) is 11.8 Å². The monoisotopic (exact) mass is 235 g/mol. The maximum absolute atomic E-state index is 11.9. The molecule has 2 unspecified atom stereocenters. The van der Waals surface area contributed by atoms with Gasteiger partial charge in [0, 0.05) is 25.0 Å². The highest BCUT2D eigenvalue weighted by Crippen LogP contribution is 2.26. The molecule has 0 aliphatic heterocycles. The van der Waals surface area contributed by atoms with Gasteiger partial charge in [-0.1, -0.05) is 19.8 Å². The van der Waals surface area contributed by atoms with E-state index in [-0.39, 0.29) is 18.5 Å². The van der Waals surface area contributed by atoms with Crippen LogP contribution in [0.4, 0.5) is 0 Å². The summed E-state index contributed by atoms with van der Waals surface area (Å²) < 4.78 is 7.65. The molecule has 3 heteroatoms. The van der Waals surface area contributed by atoms with E-state index in [1.165, 1.54) is 19.3 Å². The number of ketones is 1. The van der Waals surface area contributed by atoms with Crippen molar-refractivity contribution in [2.75, 3.05) is 6.61 Å². The van der Waals surface area contributed by atoms with E-state index < -0.39 is 0 Å². The molecule has 0 saturated heterocycles. The number of aryl methyl sites for hydroxylation is 1. The molecule has 2 atom stereocenters.